The second-order valence-electron chi connectivity index (χ2n) is 4.30. The number of esters is 1. The Morgan fingerprint density at radius 2 is 2.16 bits per heavy atom. The molecule has 102 valence electrons. The van der Waals surface area contributed by atoms with E-state index in [9.17, 15) is 9.59 Å². The molecule has 0 amide bonds. The van der Waals surface area contributed by atoms with E-state index in [1.54, 1.807) is 13.0 Å². The molecule has 1 aliphatic rings. The number of aryl methyl sites for hydroxylation is 1. The van der Waals surface area contributed by atoms with E-state index in [4.69, 9.17) is 21.1 Å². The lowest BCUT2D eigenvalue weighted by Gasteiger charge is -2.12. The van der Waals surface area contributed by atoms with E-state index >= 15 is 0 Å². The Kier molecular flexibility index (Phi) is 4.43. The summed E-state index contributed by atoms with van der Waals surface area (Å²) in [5.41, 5.74) is 1.07. The van der Waals surface area contributed by atoms with Gasteiger partial charge in [-0.2, -0.15) is 0 Å². The molecule has 19 heavy (non-hydrogen) atoms. The van der Waals surface area contributed by atoms with Crippen LogP contribution in [0.25, 0.3) is 0 Å². The fourth-order valence-electron chi connectivity index (χ4n) is 2.07. The Hall–Kier alpha value is -1.55. The van der Waals surface area contributed by atoms with Crippen molar-refractivity contribution < 1.29 is 19.1 Å². The number of rotatable bonds is 3. The van der Waals surface area contributed by atoms with E-state index in [0.717, 1.165) is 24.8 Å². The van der Waals surface area contributed by atoms with E-state index in [1.807, 2.05) is 0 Å². The summed E-state index contributed by atoms with van der Waals surface area (Å²) in [5, 5.41) is 0.428. The maximum absolute atomic E-state index is 12.1. The Balaban J connectivity index is 2.41. The van der Waals surface area contributed by atoms with E-state index in [0.29, 0.717) is 17.4 Å². The first-order valence-corrected chi connectivity index (χ1v) is 6.68. The average molecular weight is 283 g/mol. The summed E-state index contributed by atoms with van der Waals surface area (Å²) in [5.74, 6) is -1.11. The maximum atomic E-state index is 12.1. The summed E-state index contributed by atoms with van der Waals surface area (Å²) in [7, 11) is 0. The number of ether oxygens (including phenoxy) is 2. The number of Topliss-reactive ketones (excluding diaryl/α,β-unsaturated/α-hetero) is 1. The topological polar surface area (TPSA) is 52.6 Å². The van der Waals surface area contributed by atoms with Crippen LogP contribution in [0.5, 0.6) is 5.75 Å². The standard InChI is InChI=1S/C14H15ClO4/c1-2-18-14(17)12(16)11-8-10(15)7-9-5-3-4-6-19-13(9)11/h7-8H,2-6H2,1H3. The fraction of sp³-hybridized carbons (Fsp3) is 0.429. The highest BCUT2D eigenvalue weighted by molar-refractivity contribution is 6.42. The van der Waals surface area contributed by atoms with Gasteiger partial charge in [0.15, 0.2) is 0 Å². The van der Waals surface area contributed by atoms with Gasteiger partial charge in [-0.25, -0.2) is 4.79 Å². The van der Waals surface area contributed by atoms with Gasteiger partial charge in [-0.1, -0.05) is 11.6 Å². The largest absolute Gasteiger partial charge is 0.493 e. The molecule has 0 radical (unpaired) electrons. The van der Waals surface area contributed by atoms with Crippen molar-refractivity contribution in [1.82, 2.24) is 0 Å². The minimum atomic E-state index is -0.875. The average Bonchev–Trinajstić information content (AvgIpc) is 2.62. The van der Waals surface area contributed by atoms with E-state index in [2.05, 4.69) is 0 Å². The SMILES string of the molecule is CCOC(=O)C(=O)c1cc(Cl)cc2c1OCCCC2. The lowest BCUT2D eigenvalue weighted by atomic mass is 10.0. The third-order valence-corrected chi connectivity index (χ3v) is 3.14. The number of hydrogen-bond donors (Lipinski definition) is 0. The van der Waals surface area contributed by atoms with Crippen LogP contribution < -0.4 is 4.74 Å². The zero-order chi connectivity index (χ0) is 13.8. The molecule has 0 saturated carbocycles. The van der Waals surface area contributed by atoms with Gasteiger partial charge in [-0.05, 0) is 43.9 Å². The highest BCUT2D eigenvalue weighted by Gasteiger charge is 2.25. The molecule has 0 bridgehead atoms. The molecule has 0 aliphatic carbocycles. The molecule has 0 unspecified atom stereocenters. The fourth-order valence-corrected chi connectivity index (χ4v) is 2.31. The quantitative estimate of drug-likeness (QED) is 0.486. The van der Waals surface area contributed by atoms with Gasteiger partial charge in [0.1, 0.15) is 5.75 Å². The number of carbonyl (C=O) groups excluding carboxylic acids is 2. The Labute approximate surface area is 116 Å². The lowest BCUT2D eigenvalue weighted by molar-refractivity contribution is -0.137. The highest BCUT2D eigenvalue weighted by atomic mass is 35.5. The van der Waals surface area contributed by atoms with Crippen molar-refractivity contribution in [2.45, 2.75) is 26.2 Å². The molecule has 1 aromatic carbocycles. The number of ketones is 1. The van der Waals surface area contributed by atoms with Crippen molar-refractivity contribution in [3.05, 3.63) is 28.3 Å². The second kappa shape index (κ2) is 6.06. The Bertz CT molecular complexity index is 510. The van der Waals surface area contributed by atoms with Crippen molar-refractivity contribution in [3.8, 4) is 5.75 Å². The van der Waals surface area contributed by atoms with Crippen LogP contribution in [-0.2, 0) is 16.0 Å². The number of halogens is 1. The van der Waals surface area contributed by atoms with Crippen LogP contribution in [0.15, 0.2) is 12.1 Å². The summed E-state index contributed by atoms with van der Waals surface area (Å²) in [6.07, 6.45) is 2.68. The summed E-state index contributed by atoms with van der Waals surface area (Å²) < 4.78 is 10.3. The lowest BCUT2D eigenvalue weighted by Crippen LogP contribution is -2.19. The summed E-state index contributed by atoms with van der Waals surface area (Å²) in [6.45, 7) is 2.35. The van der Waals surface area contributed by atoms with Gasteiger partial charge in [-0.15, -0.1) is 0 Å². The van der Waals surface area contributed by atoms with Crippen molar-refractivity contribution >= 4 is 23.4 Å². The minimum Gasteiger partial charge on any atom is -0.493 e. The van der Waals surface area contributed by atoms with Crippen LogP contribution in [0.3, 0.4) is 0 Å². The molecule has 0 spiro atoms. The zero-order valence-electron chi connectivity index (χ0n) is 10.7. The minimum absolute atomic E-state index is 0.161. The van der Waals surface area contributed by atoms with Crippen molar-refractivity contribution in [2.24, 2.45) is 0 Å². The summed E-state index contributed by atoms with van der Waals surface area (Å²) in [4.78, 5) is 23.6. The van der Waals surface area contributed by atoms with Crippen molar-refractivity contribution in [1.29, 1.82) is 0 Å². The molecular weight excluding hydrogens is 268 g/mol. The van der Waals surface area contributed by atoms with Crippen LogP contribution in [-0.4, -0.2) is 25.0 Å². The van der Waals surface area contributed by atoms with Gasteiger partial charge < -0.3 is 9.47 Å². The predicted octanol–water partition coefficient (Wildman–Crippen LogP) is 2.80. The molecule has 2 rings (SSSR count). The van der Waals surface area contributed by atoms with Gasteiger partial charge in [0.25, 0.3) is 5.78 Å². The maximum Gasteiger partial charge on any atom is 0.379 e. The normalized spacial score (nSPS) is 14.0. The van der Waals surface area contributed by atoms with E-state index < -0.39 is 11.8 Å². The van der Waals surface area contributed by atoms with Gasteiger partial charge in [0.2, 0.25) is 0 Å². The van der Waals surface area contributed by atoms with Gasteiger partial charge >= 0.3 is 5.97 Å². The molecule has 1 aliphatic heterocycles. The Morgan fingerprint density at radius 3 is 2.89 bits per heavy atom. The van der Waals surface area contributed by atoms with Crippen LogP contribution >= 0.6 is 11.6 Å². The molecule has 0 saturated heterocycles. The number of carbonyl (C=O) groups is 2. The number of benzene rings is 1. The monoisotopic (exact) mass is 282 g/mol. The van der Waals surface area contributed by atoms with Gasteiger partial charge in [0.05, 0.1) is 18.8 Å². The van der Waals surface area contributed by atoms with Crippen LogP contribution in [0.4, 0.5) is 0 Å². The summed E-state index contributed by atoms with van der Waals surface area (Å²) >= 11 is 6.00. The first-order valence-electron chi connectivity index (χ1n) is 6.30. The molecule has 0 aromatic heterocycles. The smallest absolute Gasteiger partial charge is 0.379 e. The molecule has 0 N–H and O–H groups in total. The Morgan fingerprint density at radius 1 is 1.37 bits per heavy atom. The molecule has 5 heteroatoms. The number of fused-ring (bicyclic) bond motifs is 1. The molecule has 4 nitrogen and oxygen atoms in total. The first-order chi connectivity index (χ1) is 9.13. The predicted molar refractivity (Wildman–Crippen MR) is 70.8 cm³/mol. The van der Waals surface area contributed by atoms with Gasteiger partial charge in [0, 0.05) is 5.02 Å². The highest BCUT2D eigenvalue weighted by Crippen LogP contribution is 2.32. The van der Waals surface area contributed by atoms with Crippen molar-refractivity contribution in [3.63, 3.8) is 0 Å². The molecule has 0 fully saturated rings. The summed E-state index contributed by atoms with van der Waals surface area (Å²) in [6, 6.07) is 3.25. The van der Waals surface area contributed by atoms with Crippen LogP contribution in [0.2, 0.25) is 5.02 Å². The molecular formula is C14H15ClO4. The number of hydrogen-bond acceptors (Lipinski definition) is 4. The van der Waals surface area contributed by atoms with Crippen LogP contribution in [0.1, 0.15) is 35.7 Å². The molecule has 1 aromatic rings. The van der Waals surface area contributed by atoms with Crippen LogP contribution in [0, 0.1) is 0 Å². The molecule has 1 heterocycles. The molecule has 0 atom stereocenters. The van der Waals surface area contributed by atoms with Crippen molar-refractivity contribution in [2.75, 3.05) is 13.2 Å². The van der Waals surface area contributed by atoms with E-state index in [-0.39, 0.29) is 12.2 Å². The zero-order valence-corrected chi connectivity index (χ0v) is 11.5. The third kappa shape index (κ3) is 3.07. The van der Waals surface area contributed by atoms with E-state index in [1.165, 1.54) is 6.07 Å². The second-order valence-corrected chi connectivity index (χ2v) is 4.73. The van der Waals surface area contributed by atoms with Gasteiger partial charge in [-0.3, -0.25) is 4.79 Å². The first kappa shape index (κ1) is 13.9. The third-order valence-electron chi connectivity index (χ3n) is 2.92.